The van der Waals surface area contributed by atoms with Crippen LogP contribution in [0.15, 0.2) is 12.3 Å². The van der Waals surface area contributed by atoms with Crippen molar-refractivity contribution in [3.63, 3.8) is 0 Å². The molecule has 2 fully saturated rings. The van der Waals surface area contributed by atoms with Gasteiger partial charge in [0.25, 0.3) is 5.91 Å². The molecule has 0 bridgehead atoms. The lowest BCUT2D eigenvalue weighted by atomic mass is 10.2. The molecule has 1 aromatic heterocycles. The molecule has 1 N–H and O–H groups in total. The molecule has 0 aromatic carbocycles. The summed E-state index contributed by atoms with van der Waals surface area (Å²) in [4.78, 5) is 25.2. The van der Waals surface area contributed by atoms with Gasteiger partial charge in [0.05, 0.1) is 18.7 Å². The van der Waals surface area contributed by atoms with Crippen molar-refractivity contribution in [1.29, 1.82) is 0 Å². The fourth-order valence-corrected chi connectivity index (χ4v) is 3.24. The minimum absolute atomic E-state index is 0.0643. The lowest BCUT2D eigenvalue weighted by molar-refractivity contribution is -0.160. The Morgan fingerprint density at radius 3 is 2.73 bits per heavy atom. The summed E-state index contributed by atoms with van der Waals surface area (Å²) in [5, 5.41) is 13.5. The van der Waals surface area contributed by atoms with E-state index in [0.717, 1.165) is 12.8 Å². The van der Waals surface area contributed by atoms with Crippen LogP contribution in [0.4, 0.5) is 0 Å². The highest BCUT2D eigenvalue weighted by Crippen LogP contribution is 2.28. The molecular formula is C15H21N3O4. The standard InChI is InChI=1S/C15H21N3O4/c1-10-8-17(9-13(22-10)15(20)21)14(19)12-6-7-18(16-12)11-4-2-3-5-11/h6-7,10-11,13H,2-5,8-9H2,1H3,(H,20,21)/t10-,13?/m1/s1. The number of ether oxygens (including phenoxy) is 1. The van der Waals surface area contributed by atoms with Crippen LogP contribution in [0.1, 0.15) is 49.1 Å². The van der Waals surface area contributed by atoms with E-state index in [0.29, 0.717) is 18.3 Å². The summed E-state index contributed by atoms with van der Waals surface area (Å²) in [6, 6.07) is 2.10. The molecule has 2 heterocycles. The number of carboxylic acids is 1. The zero-order valence-corrected chi connectivity index (χ0v) is 12.6. The molecule has 1 unspecified atom stereocenters. The van der Waals surface area contributed by atoms with Crippen molar-refractivity contribution in [2.24, 2.45) is 0 Å². The summed E-state index contributed by atoms with van der Waals surface area (Å²) in [6.45, 7) is 2.22. The van der Waals surface area contributed by atoms with Gasteiger partial charge in [-0.05, 0) is 25.8 Å². The lowest BCUT2D eigenvalue weighted by Crippen LogP contribution is -2.51. The molecule has 1 saturated heterocycles. The van der Waals surface area contributed by atoms with Gasteiger partial charge in [0, 0.05) is 12.7 Å². The molecule has 1 aliphatic heterocycles. The van der Waals surface area contributed by atoms with Crippen LogP contribution in [0.3, 0.4) is 0 Å². The average Bonchev–Trinajstić information content (AvgIpc) is 3.16. The number of aromatic nitrogens is 2. The Labute approximate surface area is 128 Å². The molecule has 7 heteroatoms. The van der Waals surface area contributed by atoms with Crippen molar-refractivity contribution in [2.45, 2.75) is 50.9 Å². The second kappa shape index (κ2) is 6.08. The number of morpholine rings is 1. The Bertz CT molecular complexity index is 565. The largest absolute Gasteiger partial charge is 0.479 e. The number of carbonyl (C=O) groups excluding carboxylic acids is 1. The van der Waals surface area contributed by atoms with E-state index < -0.39 is 12.1 Å². The minimum Gasteiger partial charge on any atom is -0.479 e. The van der Waals surface area contributed by atoms with Crippen LogP contribution in [0.25, 0.3) is 0 Å². The Balaban J connectivity index is 1.71. The molecule has 1 aliphatic carbocycles. The molecule has 1 aromatic rings. The number of carboxylic acid groups (broad SMARTS) is 1. The van der Waals surface area contributed by atoms with E-state index in [2.05, 4.69) is 5.10 Å². The Morgan fingerprint density at radius 1 is 1.32 bits per heavy atom. The monoisotopic (exact) mass is 307 g/mol. The summed E-state index contributed by atoms with van der Waals surface area (Å²) in [5.74, 6) is -1.26. The quantitative estimate of drug-likeness (QED) is 0.910. The summed E-state index contributed by atoms with van der Waals surface area (Å²) in [5.41, 5.74) is 0.380. The van der Waals surface area contributed by atoms with Crippen LogP contribution in [0.5, 0.6) is 0 Å². The molecule has 0 radical (unpaired) electrons. The number of aliphatic carboxylic acids is 1. The molecule has 7 nitrogen and oxygen atoms in total. The Hall–Kier alpha value is -1.89. The molecule has 2 atom stereocenters. The van der Waals surface area contributed by atoms with Gasteiger partial charge in [0.2, 0.25) is 0 Å². The number of nitrogens with zero attached hydrogens (tertiary/aromatic N) is 3. The van der Waals surface area contributed by atoms with E-state index in [1.165, 1.54) is 17.7 Å². The van der Waals surface area contributed by atoms with Crippen molar-refractivity contribution in [3.8, 4) is 0 Å². The van der Waals surface area contributed by atoms with E-state index in [1.807, 2.05) is 10.9 Å². The highest BCUT2D eigenvalue weighted by Gasteiger charge is 2.33. The molecule has 1 saturated carbocycles. The van der Waals surface area contributed by atoms with Gasteiger partial charge in [-0.15, -0.1) is 0 Å². The van der Waals surface area contributed by atoms with Gasteiger partial charge in [-0.25, -0.2) is 4.79 Å². The summed E-state index contributed by atoms with van der Waals surface area (Å²) in [7, 11) is 0. The maximum Gasteiger partial charge on any atom is 0.334 e. The SMILES string of the molecule is C[C@@H]1CN(C(=O)c2ccn(C3CCCC3)n2)CC(C(=O)O)O1. The minimum atomic E-state index is -1.04. The maximum absolute atomic E-state index is 12.5. The van der Waals surface area contributed by atoms with Gasteiger partial charge < -0.3 is 14.7 Å². The van der Waals surface area contributed by atoms with Gasteiger partial charge in [0.1, 0.15) is 5.69 Å². The Morgan fingerprint density at radius 2 is 2.05 bits per heavy atom. The lowest BCUT2D eigenvalue weighted by Gasteiger charge is -2.34. The van der Waals surface area contributed by atoms with Crippen LogP contribution in [-0.4, -0.2) is 57.0 Å². The molecule has 22 heavy (non-hydrogen) atoms. The van der Waals surface area contributed by atoms with Crippen molar-refractivity contribution in [2.75, 3.05) is 13.1 Å². The van der Waals surface area contributed by atoms with Gasteiger partial charge in [-0.1, -0.05) is 12.8 Å². The first-order valence-corrected chi connectivity index (χ1v) is 7.77. The van der Waals surface area contributed by atoms with Crippen molar-refractivity contribution >= 4 is 11.9 Å². The fourth-order valence-electron chi connectivity index (χ4n) is 3.24. The third-order valence-corrected chi connectivity index (χ3v) is 4.35. The zero-order chi connectivity index (χ0) is 15.7. The van der Waals surface area contributed by atoms with Crippen LogP contribution in [0.2, 0.25) is 0 Å². The van der Waals surface area contributed by atoms with E-state index in [1.54, 1.807) is 13.0 Å². The third kappa shape index (κ3) is 2.99. The summed E-state index contributed by atoms with van der Waals surface area (Å²) in [6.07, 6.45) is 5.20. The molecule has 120 valence electrons. The average molecular weight is 307 g/mol. The van der Waals surface area contributed by atoms with E-state index >= 15 is 0 Å². The first-order chi connectivity index (χ1) is 10.5. The molecular weight excluding hydrogens is 286 g/mol. The van der Waals surface area contributed by atoms with E-state index in [4.69, 9.17) is 9.84 Å². The molecule has 1 amide bonds. The highest BCUT2D eigenvalue weighted by atomic mass is 16.5. The zero-order valence-electron chi connectivity index (χ0n) is 12.6. The van der Waals surface area contributed by atoms with Gasteiger partial charge in [0.15, 0.2) is 6.10 Å². The molecule has 2 aliphatic rings. The van der Waals surface area contributed by atoms with Crippen LogP contribution >= 0.6 is 0 Å². The van der Waals surface area contributed by atoms with Crippen LogP contribution in [0, 0.1) is 0 Å². The predicted octanol–water partition coefficient (Wildman–Crippen LogP) is 1.31. The first-order valence-electron chi connectivity index (χ1n) is 7.77. The second-order valence-corrected chi connectivity index (χ2v) is 6.10. The molecule has 0 spiro atoms. The highest BCUT2D eigenvalue weighted by molar-refractivity contribution is 5.92. The van der Waals surface area contributed by atoms with Gasteiger partial charge >= 0.3 is 5.97 Å². The normalized spacial score (nSPS) is 26.3. The smallest absolute Gasteiger partial charge is 0.334 e. The van der Waals surface area contributed by atoms with Crippen molar-refractivity contribution < 1.29 is 19.4 Å². The predicted molar refractivity (Wildman–Crippen MR) is 77.6 cm³/mol. The number of rotatable bonds is 3. The fraction of sp³-hybridized carbons (Fsp3) is 0.667. The van der Waals surface area contributed by atoms with Crippen LogP contribution < -0.4 is 0 Å². The summed E-state index contributed by atoms with van der Waals surface area (Å²) < 4.78 is 7.21. The molecule has 3 rings (SSSR count). The second-order valence-electron chi connectivity index (χ2n) is 6.10. The summed E-state index contributed by atoms with van der Waals surface area (Å²) >= 11 is 0. The van der Waals surface area contributed by atoms with Crippen molar-refractivity contribution in [3.05, 3.63) is 18.0 Å². The van der Waals surface area contributed by atoms with E-state index in [-0.39, 0.29) is 18.6 Å². The van der Waals surface area contributed by atoms with Crippen molar-refractivity contribution in [1.82, 2.24) is 14.7 Å². The number of hydrogen-bond acceptors (Lipinski definition) is 4. The third-order valence-electron chi connectivity index (χ3n) is 4.35. The van der Waals surface area contributed by atoms with E-state index in [9.17, 15) is 9.59 Å². The van der Waals surface area contributed by atoms with Gasteiger partial charge in [-0.2, -0.15) is 5.10 Å². The van der Waals surface area contributed by atoms with Crippen LogP contribution in [-0.2, 0) is 9.53 Å². The maximum atomic E-state index is 12.5. The number of carbonyl (C=O) groups is 2. The number of hydrogen-bond donors (Lipinski definition) is 1. The number of amides is 1. The topological polar surface area (TPSA) is 84.7 Å². The Kier molecular flexibility index (Phi) is 4.15. The van der Waals surface area contributed by atoms with Gasteiger partial charge in [-0.3, -0.25) is 9.48 Å². The first kappa shape index (κ1) is 15.0.